The molecule has 0 aliphatic carbocycles. The summed E-state index contributed by atoms with van der Waals surface area (Å²) in [4.78, 5) is 18.9. The molecule has 0 aliphatic rings. The number of hydrogen-bond acceptors (Lipinski definition) is 6. The molecule has 0 unspecified atom stereocenters. The molecule has 1 aromatic carbocycles. The Morgan fingerprint density at radius 1 is 1.39 bits per heavy atom. The van der Waals surface area contributed by atoms with Crippen molar-refractivity contribution in [2.45, 2.75) is 32.4 Å². The molecule has 6 nitrogen and oxygen atoms in total. The smallest absolute Gasteiger partial charge is 0.280 e. The van der Waals surface area contributed by atoms with Gasteiger partial charge < -0.3 is 15.4 Å². The lowest BCUT2D eigenvalue weighted by Gasteiger charge is -2.23. The molecule has 2 aromatic heterocycles. The van der Waals surface area contributed by atoms with Gasteiger partial charge >= 0.3 is 0 Å². The Kier molecular flexibility index (Phi) is 6.77. The van der Waals surface area contributed by atoms with Gasteiger partial charge in [0.1, 0.15) is 0 Å². The van der Waals surface area contributed by atoms with Crippen LogP contribution in [0.15, 0.2) is 30.6 Å². The molecule has 3 aromatic rings. The lowest BCUT2D eigenvalue weighted by atomic mass is 10.0. The average Bonchev–Trinajstić information content (AvgIpc) is 3.10. The van der Waals surface area contributed by atoms with Crippen LogP contribution < -0.4 is 15.4 Å². The fourth-order valence-electron chi connectivity index (χ4n) is 2.86. The molecule has 0 fully saturated rings. The highest BCUT2D eigenvalue weighted by molar-refractivity contribution is 7.20. The zero-order valence-corrected chi connectivity index (χ0v) is 17.0. The maximum atomic E-state index is 15.3. The van der Waals surface area contributed by atoms with Crippen molar-refractivity contribution in [1.82, 2.24) is 20.6 Å². The Bertz CT molecular complexity index is 935. The van der Waals surface area contributed by atoms with E-state index >= 15 is 4.39 Å². The van der Waals surface area contributed by atoms with E-state index in [1.807, 2.05) is 13.8 Å². The minimum atomic E-state index is -0.528. The fraction of sp³-hybridized carbons (Fsp3) is 0.316. The van der Waals surface area contributed by atoms with Gasteiger partial charge in [0, 0.05) is 36.6 Å². The Morgan fingerprint density at radius 2 is 2.21 bits per heavy atom. The summed E-state index contributed by atoms with van der Waals surface area (Å²) in [6.45, 7) is 4.31. The third kappa shape index (κ3) is 4.57. The summed E-state index contributed by atoms with van der Waals surface area (Å²) in [6.07, 6.45) is 4.61. The van der Waals surface area contributed by atoms with E-state index in [-0.39, 0.29) is 22.9 Å². The summed E-state index contributed by atoms with van der Waals surface area (Å²) in [6, 6.07) is 4.73. The van der Waals surface area contributed by atoms with Crippen molar-refractivity contribution in [2.24, 2.45) is 0 Å². The normalized spacial score (nSPS) is 13.3. The van der Waals surface area contributed by atoms with Crippen molar-refractivity contribution in [2.75, 3.05) is 6.54 Å². The number of halogens is 2. The minimum Gasteiger partial charge on any atom is -0.426 e. The fourth-order valence-corrected chi connectivity index (χ4v) is 3.83. The third-order valence-corrected chi connectivity index (χ3v) is 5.40. The number of ether oxygens (including phenoxy) is 1. The molecule has 0 aliphatic heterocycles. The van der Waals surface area contributed by atoms with Crippen LogP contribution >= 0.6 is 22.9 Å². The first-order chi connectivity index (χ1) is 13.5. The van der Waals surface area contributed by atoms with Gasteiger partial charge in [0.05, 0.1) is 15.2 Å². The number of fused-ring (bicyclic) bond motifs is 1. The Hall–Kier alpha value is -2.29. The Labute approximate surface area is 171 Å². The van der Waals surface area contributed by atoms with Crippen LogP contribution in [0.3, 0.4) is 0 Å². The van der Waals surface area contributed by atoms with Gasteiger partial charge in [0.2, 0.25) is 6.41 Å². The number of nitrogens with zero attached hydrogens (tertiary/aromatic N) is 2. The number of carbonyl (C=O) groups is 1. The second-order valence-electron chi connectivity index (χ2n) is 6.26. The monoisotopic (exact) mass is 422 g/mol. The van der Waals surface area contributed by atoms with Gasteiger partial charge in [-0.3, -0.25) is 9.78 Å². The molecular weight excluding hydrogens is 403 g/mol. The number of amides is 1. The molecule has 2 atom stereocenters. The lowest BCUT2D eigenvalue weighted by molar-refractivity contribution is -0.109. The number of thiazole rings is 1. The summed E-state index contributed by atoms with van der Waals surface area (Å²) in [5.74, 6) is -0.579. The van der Waals surface area contributed by atoms with Crippen LogP contribution in [0, 0.1) is 5.82 Å². The summed E-state index contributed by atoms with van der Waals surface area (Å²) in [7, 11) is 0. The molecule has 148 valence electrons. The first kappa shape index (κ1) is 20.4. The first-order valence-corrected chi connectivity index (χ1v) is 10.0. The van der Waals surface area contributed by atoms with Crippen LogP contribution in [-0.4, -0.2) is 29.0 Å². The van der Waals surface area contributed by atoms with Crippen LogP contribution in [0.25, 0.3) is 10.2 Å². The molecule has 0 bridgehead atoms. The molecule has 0 saturated carbocycles. The van der Waals surface area contributed by atoms with Crippen molar-refractivity contribution >= 4 is 39.6 Å². The largest absolute Gasteiger partial charge is 0.426 e. The van der Waals surface area contributed by atoms with Gasteiger partial charge in [-0.05, 0) is 25.5 Å². The van der Waals surface area contributed by atoms with E-state index in [0.29, 0.717) is 30.1 Å². The average molecular weight is 423 g/mol. The van der Waals surface area contributed by atoms with Gasteiger partial charge in [-0.15, -0.1) is 0 Å². The van der Waals surface area contributed by atoms with Crippen molar-refractivity contribution in [1.29, 1.82) is 0 Å². The summed E-state index contributed by atoms with van der Waals surface area (Å²) in [5, 5.41) is 6.39. The quantitative estimate of drug-likeness (QED) is 0.498. The Morgan fingerprint density at radius 3 is 2.93 bits per heavy atom. The molecule has 2 heterocycles. The van der Waals surface area contributed by atoms with Crippen LogP contribution in [0.2, 0.25) is 5.02 Å². The van der Waals surface area contributed by atoms with Gasteiger partial charge in [-0.2, -0.15) is 0 Å². The first-order valence-electron chi connectivity index (χ1n) is 8.82. The van der Waals surface area contributed by atoms with Crippen LogP contribution in [0.5, 0.6) is 10.9 Å². The predicted octanol–water partition coefficient (Wildman–Crippen LogP) is 4.45. The SMILES string of the molecule is CC[C@@H](N[C@H](C)CNC=O)c1ccc(Cl)c(Oc2nc3ccncc3s2)c1F. The highest BCUT2D eigenvalue weighted by Gasteiger charge is 2.22. The second-order valence-corrected chi connectivity index (χ2v) is 7.66. The van der Waals surface area contributed by atoms with E-state index in [1.165, 1.54) is 11.3 Å². The Balaban J connectivity index is 1.86. The van der Waals surface area contributed by atoms with E-state index in [2.05, 4.69) is 20.6 Å². The summed E-state index contributed by atoms with van der Waals surface area (Å²) in [5.41, 5.74) is 1.18. The molecule has 2 N–H and O–H groups in total. The van der Waals surface area contributed by atoms with Gasteiger partial charge in [0.25, 0.3) is 5.19 Å². The van der Waals surface area contributed by atoms with Gasteiger partial charge in [0.15, 0.2) is 11.6 Å². The number of aromatic nitrogens is 2. The number of pyridine rings is 1. The topological polar surface area (TPSA) is 76.1 Å². The third-order valence-electron chi connectivity index (χ3n) is 4.22. The summed E-state index contributed by atoms with van der Waals surface area (Å²) >= 11 is 7.47. The molecule has 9 heteroatoms. The molecule has 3 rings (SSSR count). The van der Waals surface area contributed by atoms with Crippen LogP contribution in [-0.2, 0) is 4.79 Å². The number of rotatable bonds is 9. The number of benzene rings is 1. The standard InChI is InChI=1S/C19H20ClFN4O2S/c1-3-14(24-11(2)8-23-10-26)12-4-5-13(20)18(17(12)21)27-19-25-15-6-7-22-9-16(15)28-19/h4-7,9-11,14,24H,3,8H2,1-2H3,(H,23,26)/t11-,14-/m1/s1. The second kappa shape index (κ2) is 9.27. The number of carbonyl (C=O) groups excluding carboxylic acids is 1. The number of nitrogens with one attached hydrogen (secondary N) is 2. The molecule has 28 heavy (non-hydrogen) atoms. The van der Waals surface area contributed by atoms with E-state index < -0.39 is 5.82 Å². The van der Waals surface area contributed by atoms with E-state index in [4.69, 9.17) is 16.3 Å². The zero-order valence-electron chi connectivity index (χ0n) is 15.4. The van der Waals surface area contributed by atoms with Crippen molar-refractivity contribution < 1.29 is 13.9 Å². The zero-order chi connectivity index (χ0) is 20.1. The van der Waals surface area contributed by atoms with Crippen molar-refractivity contribution in [3.63, 3.8) is 0 Å². The lowest BCUT2D eigenvalue weighted by Crippen LogP contribution is -2.38. The van der Waals surface area contributed by atoms with Crippen molar-refractivity contribution in [3.8, 4) is 10.9 Å². The number of hydrogen-bond donors (Lipinski definition) is 2. The van der Waals surface area contributed by atoms with E-state index in [9.17, 15) is 4.79 Å². The minimum absolute atomic E-state index is 0.0358. The molecule has 0 radical (unpaired) electrons. The van der Waals surface area contributed by atoms with E-state index in [1.54, 1.807) is 30.6 Å². The maximum absolute atomic E-state index is 15.3. The summed E-state index contributed by atoms with van der Waals surface area (Å²) < 4.78 is 21.8. The van der Waals surface area contributed by atoms with E-state index in [0.717, 1.165) is 10.2 Å². The molecular formula is C19H20ClFN4O2S. The highest BCUT2D eigenvalue weighted by atomic mass is 35.5. The predicted molar refractivity (Wildman–Crippen MR) is 109 cm³/mol. The molecule has 0 spiro atoms. The maximum Gasteiger partial charge on any atom is 0.280 e. The van der Waals surface area contributed by atoms with Gasteiger partial charge in [-0.1, -0.05) is 35.9 Å². The van der Waals surface area contributed by atoms with Crippen LogP contribution in [0.4, 0.5) is 4.39 Å². The van der Waals surface area contributed by atoms with Crippen LogP contribution in [0.1, 0.15) is 31.9 Å². The van der Waals surface area contributed by atoms with Gasteiger partial charge in [-0.25, -0.2) is 9.37 Å². The molecule has 0 saturated heterocycles. The highest BCUT2D eigenvalue weighted by Crippen LogP contribution is 2.38. The molecule has 1 amide bonds. The van der Waals surface area contributed by atoms with Crippen molar-refractivity contribution in [3.05, 3.63) is 47.0 Å².